The van der Waals surface area contributed by atoms with Crippen molar-refractivity contribution in [3.05, 3.63) is 53.5 Å². The number of rotatable bonds is 5. The molecule has 9 nitrogen and oxygen atoms in total. The Labute approximate surface area is 193 Å². The summed E-state index contributed by atoms with van der Waals surface area (Å²) in [7, 11) is 0. The second-order valence-corrected chi connectivity index (χ2v) is 8.78. The molecule has 1 aliphatic heterocycles. The van der Waals surface area contributed by atoms with Crippen LogP contribution in [0.15, 0.2) is 36.5 Å². The van der Waals surface area contributed by atoms with Crippen molar-refractivity contribution < 1.29 is 9.53 Å². The zero-order valence-electron chi connectivity index (χ0n) is 19.1. The molecule has 0 atom stereocenters. The Kier molecular flexibility index (Phi) is 5.93. The van der Waals surface area contributed by atoms with Crippen LogP contribution in [-0.2, 0) is 0 Å². The summed E-state index contributed by atoms with van der Waals surface area (Å²) in [6.07, 6.45) is 6.49. The second-order valence-electron chi connectivity index (χ2n) is 8.78. The highest BCUT2D eigenvalue weighted by Crippen LogP contribution is 2.23. The van der Waals surface area contributed by atoms with E-state index >= 15 is 0 Å². The highest BCUT2D eigenvalue weighted by atomic mass is 16.5. The molecule has 4 heterocycles. The number of carbonyl (C=O) groups is 1. The van der Waals surface area contributed by atoms with Crippen LogP contribution < -0.4 is 9.64 Å². The molecular weight excluding hydrogens is 418 g/mol. The number of ether oxygens (including phenoxy) is 1. The molecule has 172 valence electrons. The van der Waals surface area contributed by atoms with E-state index in [4.69, 9.17) is 4.74 Å². The maximum Gasteiger partial charge on any atom is 0.255 e. The normalized spacial score (nSPS) is 16.9. The summed E-state index contributed by atoms with van der Waals surface area (Å²) in [5.74, 6) is 2.11. The molecule has 0 N–H and O–H groups in total. The van der Waals surface area contributed by atoms with Gasteiger partial charge in [-0.15, -0.1) is 10.2 Å². The summed E-state index contributed by atoms with van der Waals surface area (Å²) in [6, 6.07) is 9.53. The van der Waals surface area contributed by atoms with Crippen LogP contribution in [0, 0.1) is 13.8 Å². The van der Waals surface area contributed by atoms with Gasteiger partial charge in [0.15, 0.2) is 11.6 Å². The predicted molar refractivity (Wildman–Crippen MR) is 124 cm³/mol. The number of piperazine rings is 1. The molecule has 1 saturated heterocycles. The quantitative estimate of drug-likeness (QED) is 0.594. The van der Waals surface area contributed by atoms with Crippen molar-refractivity contribution >= 4 is 11.7 Å². The molecule has 0 radical (unpaired) electrons. The fourth-order valence-electron chi connectivity index (χ4n) is 4.54. The molecule has 3 aromatic rings. The Morgan fingerprint density at radius 2 is 1.70 bits per heavy atom. The molecule has 5 rings (SSSR count). The van der Waals surface area contributed by atoms with Gasteiger partial charge in [-0.25, -0.2) is 9.67 Å². The Bertz CT molecular complexity index is 1100. The lowest BCUT2D eigenvalue weighted by molar-refractivity contribution is 0.0746. The number of carbonyl (C=O) groups excluding carboxylic acids is 1. The summed E-state index contributed by atoms with van der Waals surface area (Å²) in [5, 5.41) is 13.2. The van der Waals surface area contributed by atoms with E-state index < -0.39 is 0 Å². The van der Waals surface area contributed by atoms with Gasteiger partial charge in [0, 0.05) is 44.1 Å². The Morgan fingerprint density at radius 1 is 0.970 bits per heavy atom. The van der Waals surface area contributed by atoms with Gasteiger partial charge in [0.05, 0.1) is 11.3 Å². The van der Waals surface area contributed by atoms with Gasteiger partial charge in [0.1, 0.15) is 6.10 Å². The standard InChI is InChI=1S/C24H29N7O2/c1-17-15-18(2)31(28-17)22-9-8-21(26-27-22)29-11-13-30(14-12-29)24(32)19-7-10-23(25-16-19)33-20-5-3-4-6-20/h7-10,15-16,20H,3-6,11-14H2,1-2H3. The van der Waals surface area contributed by atoms with Crippen LogP contribution in [0.5, 0.6) is 5.88 Å². The van der Waals surface area contributed by atoms with E-state index in [1.54, 1.807) is 10.9 Å². The number of anilines is 1. The molecule has 1 aliphatic carbocycles. The van der Waals surface area contributed by atoms with Crippen molar-refractivity contribution in [2.24, 2.45) is 0 Å². The molecule has 9 heteroatoms. The number of amides is 1. The van der Waals surface area contributed by atoms with E-state index in [0.717, 1.165) is 30.0 Å². The molecule has 2 fully saturated rings. The summed E-state index contributed by atoms with van der Waals surface area (Å²) in [6.45, 7) is 6.62. The van der Waals surface area contributed by atoms with Gasteiger partial charge < -0.3 is 14.5 Å². The maximum absolute atomic E-state index is 12.9. The highest BCUT2D eigenvalue weighted by molar-refractivity contribution is 5.94. The van der Waals surface area contributed by atoms with Crippen LogP contribution in [0.25, 0.3) is 5.82 Å². The fraction of sp³-hybridized carbons (Fsp3) is 0.458. The van der Waals surface area contributed by atoms with Crippen molar-refractivity contribution in [3.63, 3.8) is 0 Å². The third-order valence-corrected chi connectivity index (χ3v) is 6.33. The van der Waals surface area contributed by atoms with Gasteiger partial charge in [-0.05, 0) is 63.8 Å². The number of nitrogens with zero attached hydrogens (tertiary/aromatic N) is 7. The van der Waals surface area contributed by atoms with Gasteiger partial charge in [-0.1, -0.05) is 0 Å². The molecule has 2 aliphatic rings. The lowest BCUT2D eigenvalue weighted by Gasteiger charge is -2.35. The minimum atomic E-state index is 0.000487. The smallest absolute Gasteiger partial charge is 0.255 e. The SMILES string of the molecule is Cc1cc(C)n(-c2ccc(N3CCN(C(=O)c4ccc(OC5CCCC5)nc4)CC3)nn2)n1. The largest absolute Gasteiger partial charge is 0.474 e. The van der Waals surface area contributed by atoms with E-state index in [2.05, 4.69) is 25.2 Å². The first-order valence-corrected chi connectivity index (χ1v) is 11.6. The predicted octanol–water partition coefficient (Wildman–Crippen LogP) is 2.96. The van der Waals surface area contributed by atoms with E-state index in [1.807, 2.05) is 49.1 Å². The Hall–Kier alpha value is -3.49. The summed E-state index contributed by atoms with van der Waals surface area (Å²) >= 11 is 0. The van der Waals surface area contributed by atoms with Crippen LogP contribution in [0.3, 0.4) is 0 Å². The molecular formula is C24H29N7O2. The van der Waals surface area contributed by atoms with E-state index in [9.17, 15) is 4.79 Å². The monoisotopic (exact) mass is 447 g/mol. The Balaban J connectivity index is 1.16. The second kappa shape index (κ2) is 9.17. The third kappa shape index (κ3) is 4.67. The van der Waals surface area contributed by atoms with E-state index in [-0.39, 0.29) is 12.0 Å². The van der Waals surface area contributed by atoms with Gasteiger partial charge in [0.25, 0.3) is 5.91 Å². The van der Waals surface area contributed by atoms with Gasteiger partial charge >= 0.3 is 0 Å². The molecule has 33 heavy (non-hydrogen) atoms. The zero-order chi connectivity index (χ0) is 22.8. The summed E-state index contributed by atoms with van der Waals surface area (Å²) in [5.41, 5.74) is 2.57. The Morgan fingerprint density at radius 3 is 2.30 bits per heavy atom. The fourth-order valence-corrected chi connectivity index (χ4v) is 4.54. The molecule has 0 bridgehead atoms. The molecule has 0 aromatic carbocycles. The van der Waals surface area contributed by atoms with Crippen LogP contribution in [0.1, 0.15) is 47.4 Å². The number of pyridine rings is 1. The van der Waals surface area contributed by atoms with Crippen molar-refractivity contribution in [2.45, 2.75) is 45.6 Å². The van der Waals surface area contributed by atoms with Crippen molar-refractivity contribution in [2.75, 3.05) is 31.1 Å². The maximum atomic E-state index is 12.9. The lowest BCUT2D eigenvalue weighted by Crippen LogP contribution is -2.49. The van der Waals surface area contributed by atoms with Crippen molar-refractivity contribution in [1.29, 1.82) is 0 Å². The third-order valence-electron chi connectivity index (χ3n) is 6.33. The summed E-state index contributed by atoms with van der Waals surface area (Å²) < 4.78 is 7.69. The molecule has 1 saturated carbocycles. The van der Waals surface area contributed by atoms with Crippen LogP contribution in [0.2, 0.25) is 0 Å². The highest BCUT2D eigenvalue weighted by Gasteiger charge is 2.24. The number of hydrogen-bond donors (Lipinski definition) is 0. The average Bonchev–Trinajstić information content (AvgIpc) is 3.48. The van der Waals surface area contributed by atoms with Gasteiger partial charge in [0.2, 0.25) is 5.88 Å². The average molecular weight is 448 g/mol. The van der Waals surface area contributed by atoms with E-state index in [1.165, 1.54) is 12.8 Å². The minimum absolute atomic E-state index is 0.000487. The molecule has 0 unspecified atom stereocenters. The van der Waals surface area contributed by atoms with Crippen molar-refractivity contribution in [3.8, 4) is 11.7 Å². The first kappa shape index (κ1) is 21.4. The number of aromatic nitrogens is 5. The lowest BCUT2D eigenvalue weighted by atomic mass is 10.2. The van der Waals surface area contributed by atoms with Crippen molar-refractivity contribution in [1.82, 2.24) is 29.9 Å². The first-order valence-electron chi connectivity index (χ1n) is 11.6. The van der Waals surface area contributed by atoms with Gasteiger partial charge in [-0.3, -0.25) is 4.79 Å². The molecule has 1 amide bonds. The topological polar surface area (TPSA) is 89.3 Å². The summed E-state index contributed by atoms with van der Waals surface area (Å²) in [4.78, 5) is 21.3. The molecule has 0 spiro atoms. The minimum Gasteiger partial charge on any atom is -0.474 e. The zero-order valence-corrected chi connectivity index (χ0v) is 19.1. The van der Waals surface area contributed by atoms with Crippen LogP contribution >= 0.6 is 0 Å². The van der Waals surface area contributed by atoms with E-state index in [0.29, 0.717) is 43.4 Å². The number of hydrogen-bond acceptors (Lipinski definition) is 7. The van der Waals surface area contributed by atoms with Crippen LogP contribution in [0.4, 0.5) is 5.82 Å². The van der Waals surface area contributed by atoms with Crippen LogP contribution in [-0.4, -0.2) is 68.1 Å². The number of aryl methyl sites for hydroxylation is 2. The molecule has 3 aromatic heterocycles. The van der Waals surface area contributed by atoms with Gasteiger partial charge in [-0.2, -0.15) is 5.10 Å². The first-order chi connectivity index (χ1) is 16.1.